The fraction of sp³-hybridized carbons (Fsp3) is 0.588. The first kappa shape index (κ1) is 16.0. The van der Waals surface area contributed by atoms with Crippen LogP contribution < -0.4 is 4.74 Å². The third-order valence-electron chi connectivity index (χ3n) is 4.09. The van der Waals surface area contributed by atoms with Gasteiger partial charge in [-0.1, -0.05) is 6.92 Å². The third kappa shape index (κ3) is 4.29. The van der Waals surface area contributed by atoms with E-state index in [4.69, 9.17) is 4.74 Å². The van der Waals surface area contributed by atoms with Gasteiger partial charge in [0.25, 0.3) is 0 Å². The van der Waals surface area contributed by atoms with Crippen LogP contribution in [-0.4, -0.2) is 55.4 Å². The molecule has 4 heteroatoms. The second-order valence-electron chi connectivity index (χ2n) is 5.70. The molecule has 0 radical (unpaired) electrons. The van der Waals surface area contributed by atoms with Gasteiger partial charge in [-0.05, 0) is 38.1 Å². The van der Waals surface area contributed by atoms with Gasteiger partial charge in [0.05, 0.1) is 7.11 Å². The minimum Gasteiger partial charge on any atom is -0.496 e. The van der Waals surface area contributed by atoms with Gasteiger partial charge in [-0.3, -0.25) is 9.69 Å². The highest BCUT2D eigenvalue weighted by atomic mass is 16.5. The van der Waals surface area contributed by atoms with Gasteiger partial charge < -0.3 is 9.64 Å². The largest absolute Gasteiger partial charge is 0.496 e. The lowest BCUT2D eigenvalue weighted by Crippen LogP contribution is -2.46. The van der Waals surface area contributed by atoms with Crippen molar-refractivity contribution in [3.05, 3.63) is 29.3 Å². The number of hydrogen-bond acceptors (Lipinski definition) is 4. The lowest BCUT2D eigenvalue weighted by molar-refractivity contribution is 0.101. The van der Waals surface area contributed by atoms with Crippen LogP contribution >= 0.6 is 0 Å². The van der Waals surface area contributed by atoms with Gasteiger partial charge in [0.15, 0.2) is 5.78 Å². The van der Waals surface area contributed by atoms with Crippen molar-refractivity contribution in [2.75, 3.05) is 39.8 Å². The number of ketones is 1. The van der Waals surface area contributed by atoms with Crippen LogP contribution in [0.25, 0.3) is 0 Å². The molecule has 116 valence electrons. The Balaban J connectivity index is 2.02. The number of ether oxygens (including phenoxy) is 1. The monoisotopic (exact) mass is 290 g/mol. The van der Waals surface area contributed by atoms with Gasteiger partial charge in [-0.25, -0.2) is 0 Å². The summed E-state index contributed by atoms with van der Waals surface area (Å²) in [6.45, 7) is 10.3. The van der Waals surface area contributed by atoms with Crippen molar-refractivity contribution in [3.63, 3.8) is 0 Å². The number of nitrogens with zero attached hydrogens (tertiary/aromatic N) is 2. The smallest absolute Gasteiger partial charge is 0.159 e. The average Bonchev–Trinajstić information content (AvgIpc) is 2.49. The highest BCUT2D eigenvalue weighted by Gasteiger charge is 2.18. The van der Waals surface area contributed by atoms with E-state index >= 15 is 0 Å². The number of carbonyl (C=O) groups excluding carboxylic acids is 1. The van der Waals surface area contributed by atoms with Crippen LogP contribution in [-0.2, 0) is 6.54 Å². The van der Waals surface area contributed by atoms with Crippen LogP contribution in [0.3, 0.4) is 0 Å². The Labute approximate surface area is 127 Å². The Kier molecular flexibility index (Phi) is 5.76. The van der Waals surface area contributed by atoms with Crippen molar-refractivity contribution >= 4 is 5.78 Å². The zero-order valence-corrected chi connectivity index (χ0v) is 13.4. The number of Topliss-reactive ketones (excluding diaryl/α,β-unsaturated/α-hetero) is 1. The van der Waals surface area contributed by atoms with Crippen molar-refractivity contribution in [1.82, 2.24) is 9.80 Å². The number of methoxy groups -OCH3 is 1. The highest BCUT2D eigenvalue weighted by Crippen LogP contribution is 2.22. The summed E-state index contributed by atoms with van der Waals surface area (Å²) in [5.74, 6) is 0.975. The molecule has 1 heterocycles. The van der Waals surface area contributed by atoms with Gasteiger partial charge in [0.2, 0.25) is 0 Å². The summed E-state index contributed by atoms with van der Waals surface area (Å²) >= 11 is 0. The molecule has 0 saturated carbocycles. The standard InChI is InChI=1S/C17H26N2O2/c1-4-7-18-8-10-19(11-9-18)13-16-12-15(14(2)20)5-6-17(16)21-3/h5-6,12H,4,7-11,13H2,1-3H3. The molecule has 1 aliphatic heterocycles. The van der Waals surface area contributed by atoms with Crippen LogP contribution in [0.1, 0.15) is 36.2 Å². The summed E-state index contributed by atoms with van der Waals surface area (Å²) in [5, 5.41) is 0. The maximum Gasteiger partial charge on any atom is 0.159 e. The SMILES string of the molecule is CCCN1CCN(Cc2cc(C(C)=O)ccc2OC)CC1. The second kappa shape index (κ2) is 7.57. The summed E-state index contributed by atoms with van der Waals surface area (Å²) < 4.78 is 5.43. The van der Waals surface area contributed by atoms with Crippen LogP contribution in [0, 0.1) is 0 Å². The Morgan fingerprint density at radius 1 is 1.19 bits per heavy atom. The quantitative estimate of drug-likeness (QED) is 0.753. The minimum absolute atomic E-state index is 0.103. The molecule has 0 aromatic heterocycles. The lowest BCUT2D eigenvalue weighted by atomic mass is 10.1. The minimum atomic E-state index is 0.103. The Morgan fingerprint density at radius 3 is 2.43 bits per heavy atom. The fourth-order valence-electron chi connectivity index (χ4n) is 2.85. The molecule has 1 aromatic carbocycles. The van der Waals surface area contributed by atoms with E-state index in [0.29, 0.717) is 0 Å². The molecule has 1 fully saturated rings. The summed E-state index contributed by atoms with van der Waals surface area (Å²) in [7, 11) is 1.69. The van der Waals surface area contributed by atoms with E-state index < -0.39 is 0 Å². The van der Waals surface area contributed by atoms with Crippen molar-refractivity contribution in [3.8, 4) is 5.75 Å². The molecule has 0 unspecified atom stereocenters. The Hall–Kier alpha value is -1.39. The maximum absolute atomic E-state index is 11.5. The lowest BCUT2D eigenvalue weighted by Gasteiger charge is -2.34. The van der Waals surface area contributed by atoms with Crippen LogP contribution in [0.2, 0.25) is 0 Å². The molecule has 0 aliphatic carbocycles. The van der Waals surface area contributed by atoms with E-state index in [1.165, 1.54) is 13.0 Å². The van der Waals surface area contributed by atoms with Gasteiger partial charge >= 0.3 is 0 Å². The first-order valence-electron chi connectivity index (χ1n) is 7.76. The zero-order chi connectivity index (χ0) is 15.2. The molecule has 4 nitrogen and oxygen atoms in total. The summed E-state index contributed by atoms with van der Waals surface area (Å²) in [5.41, 5.74) is 1.87. The number of piperazine rings is 1. The Morgan fingerprint density at radius 2 is 1.86 bits per heavy atom. The molecule has 0 N–H and O–H groups in total. The van der Waals surface area contributed by atoms with E-state index in [1.54, 1.807) is 14.0 Å². The molecule has 1 saturated heterocycles. The van der Waals surface area contributed by atoms with E-state index in [9.17, 15) is 4.79 Å². The molecule has 0 bridgehead atoms. The number of carbonyl (C=O) groups is 1. The highest BCUT2D eigenvalue weighted by molar-refractivity contribution is 5.94. The third-order valence-corrected chi connectivity index (χ3v) is 4.09. The van der Waals surface area contributed by atoms with Crippen molar-refractivity contribution in [2.45, 2.75) is 26.8 Å². The molecule has 21 heavy (non-hydrogen) atoms. The number of hydrogen-bond donors (Lipinski definition) is 0. The topological polar surface area (TPSA) is 32.8 Å². The normalized spacial score (nSPS) is 16.9. The van der Waals surface area contributed by atoms with Crippen molar-refractivity contribution in [2.24, 2.45) is 0 Å². The Bertz CT molecular complexity index is 480. The molecular weight excluding hydrogens is 264 g/mol. The number of rotatable bonds is 6. The molecule has 0 atom stereocenters. The van der Waals surface area contributed by atoms with Gasteiger partial charge in [0.1, 0.15) is 5.75 Å². The summed E-state index contributed by atoms with van der Waals surface area (Å²) in [6, 6.07) is 5.71. The molecule has 2 rings (SSSR count). The first-order valence-corrected chi connectivity index (χ1v) is 7.76. The maximum atomic E-state index is 11.5. The predicted octanol–water partition coefficient (Wildman–Crippen LogP) is 2.43. The van der Waals surface area contributed by atoms with Crippen molar-refractivity contribution in [1.29, 1.82) is 0 Å². The van der Waals surface area contributed by atoms with E-state index in [1.807, 2.05) is 18.2 Å². The second-order valence-corrected chi connectivity index (χ2v) is 5.70. The van der Waals surface area contributed by atoms with Gasteiger partial charge in [-0.2, -0.15) is 0 Å². The van der Waals surface area contributed by atoms with Crippen LogP contribution in [0.5, 0.6) is 5.75 Å². The van der Waals surface area contributed by atoms with E-state index in [2.05, 4.69) is 16.7 Å². The van der Waals surface area contributed by atoms with E-state index in [-0.39, 0.29) is 5.78 Å². The summed E-state index contributed by atoms with van der Waals surface area (Å²) in [6.07, 6.45) is 1.22. The van der Waals surface area contributed by atoms with Crippen LogP contribution in [0.4, 0.5) is 0 Å². The van der Waals surface area contributed by atoms with Crippen LogP contribution in [0.15, 0.2) is 18.2 Å². The average molecular weight is 290 g/mol. The summed E-state index contributed by atoms with van der Waals surface area (Å²) in [4.78, 5) is 16.5. The zero-order valence-electron chi connectivity index (χ0n) is 13.4. The van der Waals surface area contributed by atoms with E-state index in [0.717, 1.165) is 49.6 Å². The molecule has 0 amide bonds. The molecule has 0 spiro atoms. The predicted molar refractivity (Wildman–Crippen MR) is 85.0 cm³/mol. The molecular formula is C17H26N2O2. The van der Waals surface area contributed by atoms with Gasteiger partial charge in [-0.15, -0.1) is 0 Å². The van der Waals surface area contributed by atoms with Gasteiger partial charge in [0, 0.05) is 43.9 Å². The molecule has 1 aliphatic rings. The fourth-order valence-corrected chi connectivity index (χ4v) is 2.85. The molecule has 1 aromatic rings. The first-order chi connectivity index (χ1) is 10.1. The number of benzene rings is 1. The van der Waals surface area contributed by atoms with Crippen molar-refractivity contribution < 1.29 is 9.53 Å².